The van der Waals surface area contributed by atoms with E-state index in [0.717, 1.165) is 11.3 Å². The molecule has 1 fully saturated rings. The van der Waals surface area contributed by atoms with Crippen molar-refractivity contribution in [1.29, 1.82) is 0 Å². The van der Waals surface area contributed by atoms with Gasteiger partial charge in [-0.1, -0.05) is 25.1 Å². The predicted molar refractivity (Wildman–Crippen MR) is 87.4 cm³/mol. The monoisotopic (exact) mass is 286 g/mol. The van der Waals surface area contributed by atoms with Crippen LogP contribution in [-0.4, -0.2) is 23.5 Å². The molecule has 1 aromatic heterocycles. The maximum absolute atomic E-state index is 6.20. The van der Waals surface area contributed by atoms with Crippen LogP contribution in [0.2, 0.25) is 0 Å². The zero-order valence-electron chi connectivity index (χ0n) is 13.3. The van der Waals surface area contributed by atoms with Crippen molar-refractivity contribution in [1.82, 2.24) is 4.90 Å². The molecule has 2 N–H and O–H groups in total. The third-order valence-electron chi connectivity index (χ3n) is 5.06. The summed E-state index contributed by atoms with van der Waals surface area (Å²) < 4.78 is 5.96. The Morgan fingerprint density at radius 2 is 2.10 bits per heavy atom. The molecule has 0 aliphatic carbocycles. The molecule has 3 nitrogen and oxygen atoms in total. The van der Waals surface area contributed by atoms with Crippen molar-refractivity contribution in [3.8, 4) is 0 Å². The molecule has 2 aromatic rings. The number of hydrogen-bond acceptors (Lipinski definition) is 3. The summed E-state index contributed by atoms with van der Waals surface area (Å²) in [5.41, 5.74) is 8.47. The van der Waals surface area contributed by atoms with Crippen molar-refractivity contribution in [3.63, 3.8) is 0 Å². The lowest BCUT2D eigenvalue weighted by Gasteiger charge is -2.35. The first-order valence-corrected chi connectivity index (χ1v) is 8.12. The summed E-state index contributed by atoms with van der Waals surface area (Å²) in [4.78, 5) is 2.63. The number of nitrogens with zero attached hydrogens (tertiary/aromatic N) is 1. The molecule has 3 atom stereocenters. The van der Waals surface area contributed by atoms with E-state index < -0.39 is 0 Å². The van der Waals surface area contributed by atoms with Gasteiger partial charge < -0.3 is 10.2 Å². The van der Waals surface area contributed by atoms with Crippen LogP contribution in [0.4, 0.5) is 0 Å². The average molecular weight is 286 g/mol. The molecule has 1 aromatic carbocycles. The van der Waals surface area contributed by atoms with Crippen molar-refractivity contribution in [3.05, 3.63) is 35.6 Å². The Morgan fingerprint density at radius 1 is 1.33 bits per heavy atom. The number of nitrogens with two attached hydrogens (primary N) is 1. The summed E-state index contributed by atoms with van der Waals surface area (Å²) in [6.07, 6.45) is 3.74. The van der Waals surface area contributed by atoms with E-state index in [1.165, 1.54) is 30.2 Å². The fraction of sp³-hybridized carbons (Fsp3) is 0.556. The highest BCUT2D eigenvalue weighted by atomic mass is 16.3. The topological polar surface area (TPSA) is 42.4 Å². The minimum atomic E-state index is 0.260. The SMILES string of the molecule is CCC1CCC(C)N1C(CN)c1c(C)oc2ccccc12. The molecule has 0 radical (unpaired) electrons. The van der Waals surface area contributed by atoms with E-state index in [0.29, 0.717) is 18.6 Å². The van der Waals surface area contributed by atoms with Gasteiger partial charge in [0.05, 0.1) is 6.04 Å². The Hall–Kier alpha value is -1.32. The van der Waals surface area contributed by atoms with Gasteiger partial charge in [0, 0.05) is 29.6 Å². The number of fused-ring (bicyclic) bond motifs is 1. The zero-order valence-corrected chi connectivity index (χ0v) is 13.3. The number of likely N-dealkylation sites (tertiary alicyclic amines) is 1. The lowest BCUT2D eigenvalue weighted by Crippen LogP contribution is -2.41. The summed E-state index contributed by atoms with van der Waals surface area (Å²) in [6, 6.07) is 9.81. The van der Waals surface area contributed by atoms with E-state index in [1.54, 1.807) is 0 Å². The molecular formula is C18H26N2O. The number of hydrogen-bond donors (Lipinski definition) is 1. The second-order valence-corrected chi connectivity index (χ2v) is 6.26. The molecule has 3 heteroatoms. The van der Waals surface area contributed by atoms with Gasteiger partial charge in [0.25, 0.3) is 0 Å². The van der Waals surface area contributed by atoms with Crippen LogP contribution < -0.4 is 5.73 Å². The largest absolute Gasteiger partial charge is 0.461 e. The highest BCUT2D eigenvalue weighted by Gasteiger charge is 2.36. The quantitative estimate of drug-likeness (QED) is 0.923. The van der Waals surface area contributed by atoms with E-state index in [4.69, 9.17) is 10.2 Å². The zero-order chi connectivity index (χ0) is 15.0. The maximum Gasteiger partial charge on any atom is 0.134 e. The molecule has 0 spiro atoms. The van der Waals surface area contributed by atoms with E-state index in [9.17, 15) is 0 Å². The fourth-order valence-corrected chi connectivity index (χ4v) is 4.06. The van der Waals surface area contributed by atoms with Gasteiger partial charge in [0.1, 0.15) is 11.3 Å². The molecule has 3 unspecified atom stereocenters. The predicted octanol–water partition coefficient (Wildman–Crippen LogP) is 4.00. The Labute approximate surface area is 127 Å². The maximum atomic E-state index is 6.20. The molecule has 114 valence electrons. The van der Waals surface area contributed by atoms with E-state index in [-0.39, 0.29) is 6.04 Å². The third kappa shape index (κ3) is 2.39. The first kappa shape index (κ1) is 14.6. The van der Waals surface area contributed by atoms with Gasteiger partial charge in [-0.3, -0.25) is 4.90 Å². The standard InChI is InChI=1S/C18H26N2O/c1-4-14-10-9-12(2)20(14)16(11-19)18-13(3)21-17-8-6-5-7-15(17)18/h5-8,12,14,16H,4,9-11,19H2,1-3H3. The molecule has 0 saturated carbocycles. The highest BCUT2D eigenvalue weighted by Crippen LogP contribution is 2.39. The number of aryl methyl sites for hydroxylation is 1. The first-order chi connectivity index (χ1) is 10.2. The van der Waals surface area contributed by atoms with Crippen LogP contribution in [0.25, 0.3) is 11.0 Å². The Balaban J connectivity index is 2.08. The van der Waals surface area contributed by atoms with Crippen molar-refractivity contribution < 1.29 is 4.42 Å². The van der Waals surface area contributed by atoms with Crippen molar-refractivity contribution in [2.75, 3.05) is 6.54 Å². The van der Waals surface area contributed by atoms with Gasteiger partial charge in [-0.2, -0.15) is 0 Å². The number of para-hydroxylation sites is 1. The molecular weight excluding hydrogens is 260 g/mol. The van der Waals surface area contributed by atoms with Crippen molar-refractivity contribution >= 4 is 11.0 Å². The second kappa shape index (κ2) is 5.82. The minimum Gasteiger partial charge on any atom is -0.461 e. The Bertz CT molecular complexity index is 619. The molecule has 1 aliphatic heterocycles. The van der Waals surface area contributed by atoms with Gasteiger partial charge in [-0.15, -0.1) is 0 Å². The van der Waals surface area contributed by atoms with Crippen LogP contribution in [0.5, 0.6) is 0 Å². The summed E-state index contributed by atoms with van der Waals surface area (Å²) in [5.74, 6) is 1.01. The summed E-state index contributed by atoms with van der Waals surface area (Å²) in [7, 11) is 0. The molecule has 0 amide bonds. The van der Waals surface area contributed by atoms with Crippen LogP contribution in [0, 0.1) is 6.92 Å². The van der Waals surface area contributed by atoms with E-state index in [2.05, 4.69) is 37.8 Å². The van der Waals surface area contributed by atoms with Gasteiger partial charge in [-0.25, -0.2) is 0 Å². The third-order valence-corrected chi connectivity index (χ3v) is 5.06. The molecule has 0 bridgehead atoms. The molecule has 21 heavy (non-hydrogen) atoms. The Morgan fingerprint density at radius 3 is 2.81 bits per heavy atom. The summed E-state index contributed by atoms with van der Waals surface area (Å²) >= 11 is 0. The highest BCUT2D eigenvalue weighted by molar-refractivity contribution is 5.82. The van der Waals surface area contributed by atoms with Gasteiger partial charge in [0.15, 0.2) is 0 Å². The van der Waals surface area contributed by atoms with E-state index in [1.807, 2.05) is 12.1 Å². The lowest BCUT2D eigenvalue weighted by atomic mass is 9.99. The minimum absolute atomic E-state index is 0.260. The molecule has 3 rings (SSSR count). The molecule has 1 saturated heterocycles. The summed E-state index contributed by atoms with van der Waals surface area (Å²) in [5, 5.41) is 1.22. The summed E-state index contributed by atoms with van der Waals surface area (Å²) in [6.45, 7) is 7.32. The number of rotatable bonds is 4. The van der Waals surface area contributed by atoms with Crippen LogP contribution in [0.15, 0.2) is 28.7 Å². The average Bonchev–Trinajstić information content (AvgIpc) is 3.02. The van der Waals surface area contributed by atoms with Gasteiger partial charge in [-0.05, 0) is 39.2 Å². The molecule has 1 aliphatic rings. The second-order valence-electron chi connectivity index (χ2n) is 6.26. The molecule has 2 heterocycles. The van der Waals surface area contributed by atoms with Gasteiger partial charge >= 0.3 is 0 Å². The van der Waals surface area contributed by atoms with Crippen molar-refractivity contribution in [2.45, 2.75) is 58.2 Å². The fourth-order valence-electron chi connectivity index (χ4n) is 4.06. The Kier molecular flexibility index (Phi) is 4.05. The van der Waals surface area contributed by atoms with Crippen LogP contribution in [0.3, 0.4) is 0 Å². The first-order valence-electron chi connectivity index (χ1n) is 8.12. The van der Waals surface area contributed by atoms with Crippen molar-refractivity contribution in [2.24, 2.45) is 5.73 Å². The normalized spacial score (nSPS) is 24.8. The van der Waals surface area contributed by atoms with E-state index >= 15 is 0 Å². The lowest BCUT2D eigenvalue weighted by molar-refractivity contribution is 0.136. The van der Waals surface area contributed by atoms with Gasteiger partial charge in [0.2, 0.25) is 0 Å². The number of benzene rings is 1. The number of furan rings is 1. The van der Waals surface area contributed by atoms with Crippen LogP contribution in [0.1, 0.15) is 50.5 Å². The van der Waals surface area contributed by atoms with Crippen LogP contribution in [-0.2, 0) is 0 Å². The van der Waals surface area contributed by atoms with Crippen LogP contribution >= 0.6 is 0 Å². The smallest absolute Gasteiger partial charge is 0.134 e.